The number of carbonyl (C=O) groups is 1. The number of pyridine rings is 2. The monoisotopic (exact) mass is 250 g/mol. The van der Waals surface area contributed by atoms with Crippen molar-refractivity contribution in [1.82, 2.24) is 19.9 Å². The van der Waals surface area contributed by atoms with Crippen LogP contribution in [0.4, 0.5) is 0 Å². The lowest BCUT2D eigenvalue weighted by Gasteiger charge is -2.00. The molecule has 0 saturated carbocycles. The molecule has 0 aliphatic heterocycles. The summed E-state index contributed by atoms with van der Waals surface area (Å²) in [4.78, 5) is 26.6. The van der Waals surface area contributed by atoms with Crippen molar-refractivity contribution in [3.63, 3.8) is 0 Å². The van der Waals surface area contributed by atoms with E-state index in [1.165, 1.54) is 0 Å². The Morgan fingerprint density at radius 2 is 1.63 bits per heavy atom. The number of aldehydes is 1. The van der Waals surface area contributed by atoms with E-state index >= 15 is 0 Å². The van der Waals surface area contributed by atoms with E-state index < -0.39 is 0 Å². The quantitative estimate of drug-likeness (QED) is 0.724. The molecule has 3 aromatic heterocycles. The molecule has 19 heavy (non-hydrogen) atoms. The van der Waals surface area contributed by atoms with Gasteiger partial charge in [0.1, 0.15) is 5.69 Å². The van der Waals surface area contributed by atoms with Crippen LogP contribution in [-0.4, -0.2) is 26.2 Å². The van der Waals surface area contributed by atoms with E-state index in [9.17, 15) is 4.79 Å². The molecule has 0 bridgehead atoms. The van der Waals surface area contributed by atoms with Crippen LogP contribution in [0, 0.1) is 0 Å². The van der Waals surface area contributed by atoms with Crippen LogP contribution in [0.1, 0.15) is 10.6 Å². The van der Waals surface area contributed by atoms with E-state index in [4.69, 9.17) is 0 Å². The van der Waals surface area contributed by atoms with Gasteiger partial charge in [0.05, 0.1) is 17.1 Å². The second-order valence-corrected chi connectivity index (χ2v) is 3.89. The average Bonchev–Trinajstić information content (AvgIpc) is 2.93. The molecular formula is C14H10N4O. The number of hydrogen-bond acceptors (Lipinski definition) is 4. The number of imidazole rings is 1. The predicted molar refractivity (Wildman–Crippen MR) is 70.4 cm³/mol. The number of nitrogens with one attached hydrogen (secondary N) is 1. The van der Waals surface area contributed by atoms with Crippen LogP contribution in [0.5, 0.6) is 0 Å². The summed E-state index contributed by atoms with van der Waals surface area (Å²) < 4.78 is 0. The molecule has 0 fully saturated rings. The fraction of sp³-hybridized carbons (Fsp3) is 0. The summed E-state index contributed by atoms with van der Waals surface area (Å²) >= 11 is 0. The van der Waals surface area contributed by atoms with E-state index in [1.54, 1.807) is 12.4 Å². The van der Waals surface area contributed by atoms with Gasteiger partial charge < -0.3 is 4.98 Å². The second kappa shape index (κ2) is 4.81. The fourth-order valence-corrected chi connectivity index (χ4v) is 1.83. The molecular weight excluding hydrogens is 240 g/mol. The van der Waals surface area contributed by atoms with Crippen molar-refractivity contribution in [2.75, 3.05) is 0 Å². The first-order chi connectivity index (χ1) is 9.38. The Bertz CT molecular complexity index is 635. The van der Waals surface area contributed by atoms with Gasteiger partial charge in [0.15, 0.2) is 12.1 Å². The van der Waals surface area contributed by atoms with Gasteiger partial charge in [-0.2, -0.15) is 0 Å². The highest BCUT2D eigenvalue weighted by molar-refractivity contribution is 5.80. The van der Waals surface area contributed by atoms with Gasteiger partial charge in [-0.3, -0.25) is 14.8 Å². The lowest BCUT2D eigenvalue weighted by Crippen LogP contribution is -1.88. The number of hydrogen-bond donors (Lipinski definition) is 1. The zero-order valence-corrected chi connectivity index (χ0v) is 9.95. The maximum absolute atomic E-state index is 10.9. The van der Waals surface area contributed by atoms with Gasteiger partial charge >= 0.3 is 0 Å². The average molecular weight is 250 g/mol. The minimum absolute atomic E-state index is 0.265. The van der Waals surface area contributed by atoms with Gasteiger partial charge in [-0.1, -0.05) is 12.1 Å². The number of nitrogens with zero attached hydrogens (tertiary/aromatic N) is 3. The largest absolute Gasteiger partial charge is 0.334 e. The van der Waals surface area contributed by atoms with Crippen LogP contribution in [0.2, 0.25) is 0 Å². The minimum atomic E-state index is 0.265. The third-order valence-corrected chi connectivity index (χ3v) is 2.66. The summed E-state index contributed by atoms with van der Waals surface area (Å²) in [6.45, 7) is 0. The molecule has 0 atom stereocenters. The lowest BCUT2D eigenvalue weighted by molar-refractivity contribution is 0.111. The molecule has 92 valence electrons. The Labute approximate surface area is 109 Å². The summed E-state index contributed by atoms with van der Waals surface area (Å²) in [6.07, 6.45) is 4.06. The second-order valence-electron chi connectivity index (χ2n) is 3.89. The first-order valence-electron chi connectivity index (χ1n) is 5.76. The Hall–Kier alpha value is -2.82. The zero-order valence-electron chi connectivity index (χ0n) is 9.95. The molecule has 0 spiro atoms. The summed E-state index contributed by atoms with van der Waals surface area (Å²) in [7, 11) is 0. The van der Waals surface area contributed by atoms with Crippen LogP contribution in [0.15, 0.2) is 48.8 Å². The highest BCUT2D eigenvalue weighted by atomic mass is 16.1. The lowest BCUT2D eigenvalue weighted by atomic mass is 10.2. The SMILES string of the molecule is O=Cc1nc(-c2ccccn2)c(-c2ccccn2)[nH]1. The number of aromatic amines is 1. The first kappa shape index (κ1) is 11.3. The standard InChI is InChI=1S/C14H10N4O/c19-9-12-17-13(10-5-1-3-7-15-10)14(18-12)11-6-2-4-8-16-11/h1-9H,(H,17,18). The number of H-pyrrole nitrogens is 1. The highest BCUT2D eigenvalue weighted by Gasteiger charge is 2.15. The third-order valence-electron chi connectivity index (χ3n) is 2.66. The van der Waals surface area contributed by atoms with Crippen LogP contribution >= 0.6 is 0 Å². The van der Waals surface area contributed by atoms with Gasteiger partial charge in [-0.25, -0.2) is 4.98 Å². The Morgan fingerprint density at radius 1 is 0.947 bits per heavy atom. The van der Waals surface area contributed by atoms with Crippen molar-refractivity contribution in [3.8, 4) is 22.8 Å². The van der Waals surface area contributed by atoms with E-state index in [1.807, 2.05) is 36.4 Å². The van der Waals surface area contributed by atoms with Crippen molar-refractivity contribution in [2.24, 2.45) is 0 Å². The van der Waals surface area contributed by atoms with Crippen LogP contribution in [-0.2, 0) is 0 Å². The molecule has 3 aromatic rings. The van der Waals surface area contributed by atoms with Gasteiger partial charge in [-0.15, -0.1) is 0 Å². The molecule has 0 unspecified atom stereocenters. The van der Waals surface area contributed by atoms with Crippen LogP contribution < -0.4 is 0 Å². The smallest absolute Gasteiger partial charge is 0.185 e. The topological polar surface area (TPSA) is 71.5 Å². The van der Waals surface area contributed by atoms with Gasteiger partial charge in [0.25, 0.3) is 0 Å². The fourth-order valence-electron chi connectivity index (χ4n) is 1.83. The molecule has 1 N–H and O–H groups in total. The molecule has 3 heterocycles. The molecule has 0 aliphatic carbocycles. The molecule has 0 saturated heterocycles. The summed E-state index contributed by atoms with van der Waals surface area (Å²) in [6, 6.07) is 11.1. The van der Waals surface area contributed by atoms with Crippen molar-refractivity contribution >= 4 is 6.29 Å². The van der Waals surface area contributed by atoms with Gasteiger partial charge in [0, 0.05) is 12.4 Å². The van der Waals surface area contributed by atoms with Crippen molar-refractivity contribution in [3.05, 3.63) is 54.6 Å². The van der Waals surface area contributed by atoms with Gasteiger partial charge in [0.2, 0.25) is 0 Å². The normalized spacial score (nSPS) is 10.3. The minimum Gasteiger partial charge on any atom is -0.334 e. The van der Waals surface area contributed by atoms with E-state index in [2.05, 4.69) is 19.9 Å². The molecule has 0 aromatic carbocycles. The molecule has 5 heteroatoms. The predicted octanol–water partition coefficient (Wildman–Crippen LogP) is 2.35. The Kier molecular flexibility index (Phi) is 2.86. The van der Waals surface area contributed by atoms with Crippen LogP contribution in [0.3, 0.4) is 0 Å². The van der Waals surface area contributed by atoms with E-state index in [0.29, 0.717) is 23.4 Å². The molecule has 3 rings (SSSR count). The van der Waals surface area contributed by atoms with E-state index in [-0.39, 0.29) is 5.82 Å². The van der Waals surface area contributed by atoms with Crippen LogP contribution in [0.25, 0.3) is 22.8 Å². The summed E-state index contributed by atoms with van der Waals surface area (Å²) in [5.74, 6) is 0.265. The molecule has 5 nitrogen and oxygen atoms in total. The first-order valence-corrected chi connectivity index (χ1v) is 5.76. The third kappa shape index (κ3) is 2.13. The molecule has 0 amide bonds. The summed E-state index contributed by atoms with van der Waals surface area (Å²) in [5, 5.41) is 0. The van der Waals surface area contributed by atoms with E-state index in [0.717, 1.165) is 5.69 Å². The van der Waals surface area contributed by atoms with Gasteiger partial charge in [-0.05, 0) is 24.3 Å². The maximum atomic E-state index is 10.9. The number of rotatable bonds is 3. The Balaban J connectivity index is 2.19. The number of aromatic nitrogens is 4. The van der Waals surface area contributed by atoms with Crippen molar-refractivity contribution in [2.45, 2.75) is 0 Å². The zero-order chi connectivity index (χ0) is 13.1. The highest BCUT2D eigenvalue weighted by Crippen LogP contribution is 2.26. The van der Waals surface area contributed by atoms with Crippen molar-refractivity contribution < 1.29 is 4.79 Å². The number of carbonyl (C=O) groups excluding carboxylic acids is 1. The summed E-state index contributed by atoms with van der Waals surface area (Å²) in [5.41, 5.74) is 2.75. The molecule has 0 aliphatic rings. The Morgan fingerprint density at radius 3 is 2.21 bits per heavy atom. The molecule has 0 radical (unpaired) electrons. The maximum Gasteiger partial charge on any atom is 0.185 e. The van der Waals surface area contributed by atoms with Crippen molar-refractivity contribution in [1.29, 1.82) is 0 Å².